The van der Waals surface area contributed by atoms with Crippen LogP contribution in [0, 0.1) is 3.77 Å². The lowest BCUT2D eigenvalue weighted by molar-refractivity contribution is -0.138. The molecule has 4 aromatic rings. The van der Waals surface area contributed by atoms with Crippen LogP contribution in [-0.4, -0.2) is 17.1 Å². The van der Waals surface area contributed by atoms with Crippen molar-refractivity contribution >= 4 is 67.6 Å². The second kappa shape index (κ2) is 11.2. The van der Waals surface area contributed by atoms with E-state index in [0.717, 1.165) is 15.6 Å². The second-order valence-corrected chi connectivity index (χ2v) is 11.9. The van der Waals surface area contributed by atoms with Crippen molar-refractivity contribution in [3.8, 4) is 0 Å². The number of rotatable bonds is 6. The molecule has 2 aromatic carbocycles. The Morgan fingerprint density at radius 2 is 1.92 bits per heavy atom. The smallest absolute Gasteiger partial charge is 0.338 e. The first kappa shape index (κ1) is 26.8. The highest BCUT2D eigenvalue weighted by Crippen LogP contribution is 2.35. The number of thiazole rings is 1. The minimum Gasteiger partial charge on any atom is -0.463 e. The summed E-state index contributed by atoms with van der Waals surface area (Å²) in [5, 5.41) is 0. The highest BCUT2D eigenvalue weighted by molar-refractivity contribution is 14.1. The summed E-state index contributed by atoms with van der Waals surface area (Å²) in [7, 11) is 0. The Balaban J connectivity index is 1.81. The van der Waals surface area contributed by atoms with Crippen LogP contribution in [0.4, 0.5) is 0 Å². The van der Waals surface area contributed by atoms with Crippen LogP contribution in [0.1, 0.15) is 55.2 Å². The summed E-state index contributed by atoms with van der Waals surface area (Å²) in [6.07, 6.45) is 1.71. The number of aromatic nitrogens is 1. The predicted molar refractivity (Wildman–Crippen MR) is 161 cm³/mol. The van der Waals surface area contributed by atoms with Crippen molar-refractivity contribution in [3.63, 3.8) is 0 Å². The molecule has 2 aromatic heterocycles. The van der Waals surface area contributed by atoms with Crippen molar-refractivity contribution in [3.05, 3.63) is 117 Å². The van der Waals surface area contributed by atoms with Crippen LogP contribution in [0.2, 0.25) is 0 Å². The van der Waals surface area contributed by atoms with Gasteiger partial charge < -0.3 is 9.15 Å². The number of fused-ring (bicyclic) bond motifs is 1. The Bertz CT molecular complexity index is 1700. The first-order chi connectivity index (χ1) is 18.3. The van der Waals surface area contributed by atoms with E-state index in [2.05, 4.69) is 52.4 Å². The van der Waals surface area contributed by atoms with Crippen molar-refractivity contribution in [1.82, 2.24) is 4.57 Å². The summed E-state index contributed by atoms with van der Waals surface area (Å²) in [6, 6.07) is 18.7. The van der Waals surface area contributed by atoms with Gasteiger partial charge in [0.15, 0.2) is 8.57 Å². The van der Waals surface area contributed by atoms with Crippen LogP contribution >= 0.6 is 49.9 Å². The van der Waals surface area contributed by atoms with E-state index in [-0.39, 0.29) is 12.2 Å². The minimum atomic E-state index is -0.702. The third-order valence-corrected chi connectivity index (χ3v) is 9.34. The molecule has 0 spiro atoms. The molecule has 0 radical (unpaired) electrons. The number of ether oxygens (including phenoxy) is 1. The number of nitrogens with zero attached hydrogens (tertiary/aromatic N) is 2. The Hall–Kier alpha value is -2.76. The third kappa shape index (κ3) is 5.11. The van der Waals surface area contributed by atoms with Crippen molar-refractivity contribution in [2.75, 3.05) is 6.61 Å². The number of benzene rings is 2. The molecule has 1 aliphatic heterocycles. The number of furan rings is 1. The number of hydrogen-bond acceptors (Lipinski definition) is 6. The Kier molecular flexibility index (Phi) is 7.88. The van der Waals surface area contributed by atoms with Gasteiger partial charge >= 0.3 is 5.97 Å². The molecular weight excluding hydrogens is 679 g/mol. The topological polar surface area (TPSA) is 73.8 Å². The Labute approximate surface area is 245 Å². The minimum absolute atomic E-state index is 0.208. The summed E-state index contributed by atoms with van der Waals surface area (Å²) < 4.78 is 14.9. The average molecular weight is 703 g/mol. The van der Waals surface area contributed by atoms with Crippen molar-refractivity contribution in [2.45, 2.75) is 32.7 Å². The number of halogens is 2. The van der Waals surface area contributed by atoms with Gasteiger partial charge in [0.2, 0.25) is 0 Å². The van der Waals surface area contributed by atoms with Crippen LogP contribution in [0.15, 0.2) is 84.9 Å². The summed E-state index contributed by atoms with van der Waals surface area (Å²) in [4.78, 5) is 32.8. The molecule has 0 saturated heterocycles. The lowest BCUT2D eigenvalue weighted by Crippen LogP contribution is -2.40. The molecule has 1 aliphatic rings. The second-order valence-electron chi connectivity index (χ2n) is 9.02. The molecule has 0 amide bonds. The van der Waals surface area contributed by atoms with Crippen molar-refractivity contribution < 1.29 is 13.9 Å². The van der Waals surface area contributed by atoms with Gasteiger partial charge in [-0.15, -0.1) is 0 Å². The van der Waals surface area contributed by atoms with Crippen LogP contribution in [0.25, 0.3) is 11.8 Å². The van der Waals surface area contributed by atoms with E-state index in [0.29, 0.717) is 36.0 Å². The summed E-state index contributed by atoms with van der Waals surface area (Å²) >= 11 is 6.81. The van der Waals surface area contributed by atoms with Gasteiger partial charge in [-0.2, -0.15) is 0 Å². The van der Waals surface area contributed by atoms with Gasteiger partial charge in [-0.05, 0) is 46.0 Å². The SMILES string of the molecule is CCOC(=O)C1=C(c2ccccc2)N=c2s/c(=C/c3cc(Br)c(I)o3)c(=O)n2[C@@H]1c1ccc(C(C)C)cc1. The van der Waals surface area contributed by atoms with E-state index < -0.39 is 12.0 Å². The molecule has 0 unspecified atom stereocenters. The quantitative estimate of drug-likeness (QED) is 0.182. The first-order valence-corrected chi connectivity index (χ1v) is 14.8. The fraction of sp³-hybridized carbons (Fsp3) is 0.207. The molecule has 0 bridgehead atoms. The summed E-state index contributed by atoms with van der Waals surface area (Å²) in [5.74, 6) is 0.408. The molecule has 194 valence electrons. The lowest BCUT2D eigenvalue weighted by atomic mass is 9.91. The third-order valence-electron chi connectivity index (χ3n) is 6.23. The van der Waals surface area contributed by atoms with Crippen LogP contribution in [0.3, 0.4) is 0 Å². The van der Waals surface area contributed by atoms with E-state index in [1.54, 1.807) is 17.6 Å². The molecule has 0 N–H and O–H groups in total. The van der Waals surface area contributed by atoms with Gasteiger partial charge in [-0.25, -0.2) is 9.79 Å². The first-order valence-electron chi connectivity index (χ1n) is 12.1. The van der Waals surface area contributed by atoms with Gasteiger partial charge in [-0.3, -0.25) is 9.36 Å². The van der Waals surface area contributed by atoms with Gasteiger partial charge in [0.05, 0.1) is 32.9 Å². The fourth-order valence-corrected chi connectivity index (χ4v) is 6.08. The molecule has 5 rings (SSSR count). The van der Waals surface area contributed by atoms with Crippen LogP contribution in [0.5, 0.6) is 0 Å². The van der Waals surface area contributed by atoms with E-state index in [4.69, 9.17) is 14.1 Å². The molecule has 38 heavy (non-hydrogen) atoms. The maximum absolute atomic E-state index is 13.9. The van der Waals surface area contributed by atoms with Gasteiger partial charge in [-0.1, -0.05) is 79.8 Å². The molecule has 0 saturated carbocycles. The van der Waals surface area contributed by atoms with Crippen molar-refractivity contribution in [2.24, 2.45) is 4.99 Å². The summed E-state index contributed by atoms with van der Waals surface area (Å²) in [5.41, 5.74) is 3.35. The van der Waals surface area contributed by atoms with Gasteiger partial charge in [0.1, 0.15) is 5.76 Å². The predicted octanol–water partition coefficient (Wildman–Crippen LogP) is 6.02. The molecule has 9 heteroatoms. The van der Waals surface area contributed by atoms with Crippen molar-refractivity contribution in [1.29, 1.82) is 0 Å². The maximum Gasteiger partial charge on any atom is 0.338 e. The molecule has 0 fully saturated rings. The summed E-state index contributed by atoms with van der Waals surface area (Å²) in [6.45, 7) is 6.23. The zero-order valence-electron chi connectivity index (χ0n) is 20.9. The average Bonchev–Trinajstić information content (AvgIpc) is 3.40. The van der Waals surface area contributed by atoms with E-state index >= 15 is 0 Å². The number of carbonyl (C=O) groups is 1. The molecular formula is C29H24BrIN2O4S. The number of hydrogen-bond donors (Lipinski definition) is 0. The van der Waals surface area contributed by atoms with Crippen LogP contribution < -0.4 is 14.9 Å². The van der Waals surface area contributed by atoms with Crippen LogP contribution in [-0.2, 0) is 9.53 Å². The highest BCUT2D eigenvalue weighted by Gasteiger charge is 2.35. The van der Waals surface area contributed by atoms with E-state index in [9.17, 15) is 9.59 Å². The number of esters is 1. The Morgan fingerprint density at radius 3 is 2.53 bits per heavy atom. The van der Waals surface area contributed by atoms with E-state index in [1.807, 2.05) is 60.7 Å². The molecule has 0 aliphatic carbocycles. The molecule has 6 nitrogen and oxygen atoms in total. The Morgan fingerprint density at radius 1 is 1.21 bits per heavy atom. The largest absolute Gasteiger partial charge is 0.463 e. The molecule has 1 atom stereocenters. The zero-order valence-corrected chi connectivity index (χ0v) is 25.5. The van der Waals surface area contributed by atoms with Gasteiger partial charge in [0.25, 0.3) is 5.56 Å². The molecule has 3 heterocycles. The standard InChI is InChI=1S/C29H24BrIN2O4S/c1-4-36-28(35)23-24(18-8-6-5-7-9-18)32-29-33(25(23)19-12-10-17(11-13-19)16(2)3)27(34)22(38-29)15-20-14-21(30)26(31)37-20/h5-16,25H,4H2,1-3H3/b22-15+/t25-/m1/s1. The maximum atomic E-state index is 13.9. The normalized spacial score (nSPS) is 15.5. The van der Waals surface area contributed by atoms with Gasteiger partial charge in [0, 0.05) is 34.2 Å². The van der Waals surface area contributed by atoms with E-state index in [1.165, 1.54) is 16.9 Å². The zero-order chi connectivity index (χ0) is 27.0. The fourth-order valence-electron chi connectivity index (χ4n) is 4.38. The number of carbonyl (C=O) groups excluding carboxylic acids is 1. The monoisotopic (exact) mass is 702 g/mol. The lowest BCUT2D eigenvalue weighted by Gasteiger charge is -2.26. The highest BCUT2D eigenvalue weighted by atomic mass is 127.